The van der Waals surface area contributed by atoms with Crippen molar-refractivity contribution in [1.82, 2.24) is 0 Å². The maximum absolute atomic E-state index is 14.2. The van der Waals surface area contributed by atoms with E-state index < -0.39 is 0 Å². The van der Waals surface area contributed by atoms with E-state index in [9.17, 15) is 19.2 Å². The van der Waals surface area contributed by atoms with Crippen LogP contribution in [0.25, 0.3) is 0 Å². The molecule has 10 atom stereocenters. The lowest BCUT2D eigenvalue weighted by molar-refractivity contribution is -0.183. The Morgan fingerprint density at radius 2 is 1.80 bits per heavy atom. The molecular formula is C29H44O6. The number of esters is 2. The smallest absolute Gasteiger partial charge is 0.305 e. The lowest BCUT2D eigenvalue weighted by atomic mass is 9.41. The zero-order valence-corrected chi connectivity index (χ0v) is 22.4. The largest absolute Gasteiger partial charge is 0.469 e. The van der Waals surface area contributed by atoms with Crippen molar-refractivity contribution in [3.63, 3.8) is 0 Å². The van der Waals surface area contributed by atoms with Crippen molar-refractivity contribution >= 4 is 23.5 Å². The summed E-state index contributed by atoms with van der Waals surface area (Å²) in [7, 11) is 1.42. The zero-order valence-electron chi connectivity index (χ0n) is 22.4. The second-order valence-electron chi connectivity index (χ2n) is 12.6. The van der Waals surface area contributed by atoms with E-state index in [1.807, 2.05) is 0 Å². The maximum Gasteiger partial charge on any atom is 0.305 e. The molecule has 35 heavy (non-hydrogen) atoms. The van der Waals surface area contributed by atoms with E-state index in [2.05, 4.69) is 27.7 Å². The van der Waals surface area contributed by atoms with Gasteiger partial charge in [0, 0.05) is 37.5 Å². The van der Waals surface area contributed by atoms with Crippen LogP contribution in [-0.2, 0) is 28.7 Å². The summed E-state index contributed by atoms with van der Waals surface area (Å²) in [5, 5.41) is 0. The quantitative estimate of drug-likeness (QED) is 0.480. The molecule has 4 aliphatic carbocycles. The van der Waals surface area contributed by atoms with Gasteiger partial charge in [0.1, 0.15) is 17.7 Å². The second kappa shape index (κ2) is 9.63. The molecule has 0 bridgehead atoms. The molecule has 4 rings (SSSR count). The Labute approximate surface area is 210 Å². The molecule has 0 aromatic carbocycles. The van der Waals surface area contributed by atoms with Gasteiger partial charge in [-0.25, -0.2) is 0 Å². The minimum atomic E-state index is -0.269. The fourth-order valence-corrected chi connectivity index (χ4v) is 9.40. The van der Waals surface area contributed by atoms with E-state index in [0.717, 1.165) is 38.5 Å². The number of ether oxygens (including phenoxy) is 2. The number of ketones is 2. The van der Waals surface area contributed by atoms with E-state index in [1.54, 1.807) is 0 Å². The third-order valence-electron chi connectivity index (χ3n) is 10.9. The topological polar surface area (TPSA) is 86.7 Å². The van der Waals surface area contributed by atoms with Gasteiger partial charge < -0.3 is 9.47 Å². The highest BCUT2D eigenvalue weighted by Gasteiger charge is 2.67. The first-order chi connectivity index (χ1) is 16.5. The third kappa shape index (κ3) is 4.27. The Hall–Kier alpha value is -1.72. The van der Waals surface area contributed by atoms with E-state index in [4.69, 9.17) is 9.47 Å². The Balaban J connectivity index is 1.63. The molecule has 6 heteroatoms. The molecule has 0 aliphatic heterocycles. The number of fused-ring (bicyclic) bond motifs is 5. The van der Waals surface area contributed by atoms with Crippen LogP contribution in [-0.4, -0.2) is 36.7 Å². The highest BCUT2D eigenvalue weighted by atomic mass is 16.5. The highest BCUT2D eigenvalue weighted by molar-refractivity contribution is 5.95. The van der Waals surface area contributed by atoms with Crippen molar-refractivity contribution in [3.05, 3.63) is 0 Å². The van der Waals surface area contributed by atoms with Gasteiger partial charge in [-0.1, -0.05) is 27.7 Å². The first kappa shape index (κ1) is 26.3. The average molecular weight is 489 g/mol. The molecule has 0 aromatic heterocycles. The Morgan fingerprint density at radius 1 is 1.09 bits per heavy atom. The summed E-state index contributed by atoms with van der Waals surface area (Å²) in [6, 6.07) is 0. The fourth-order valence-electron chi connectivity index (χ4n) is 9.40. The number of carbonyl (C=O) groups is 4. The zero-order chi connectivity index (χ0) is 25.7. The standard InChI is InChI=1S/C29H44O6/c1-7-19-22-14-18(35-17(3)30)12-13-28(22,4)26-23(31)15-29(5)20(16(2)8-11-24(32)34-6)9-10-21(29)25(26)27(19)33/h16,18-22,25-26H,7-15H2,1-6H3/t16-,18-,19-,20-,21?,22+,25?,26?,28+,29-/m1/s1. The summed E-state index contributed by atoms with van der Waals surface area (Å²) in [4.78, 5) is 51.5. The molecule has 0 radical (unpaired) electrons. The predicted molar refractivity (Wildman–Crippen MR) is 131 cm³/mol. The number of Topliss-reactive ketones (excluding diaryl/α,β-unsaturated/α-hetero) is 2. The van der Waals surface area contributed by atoms with Gasteiger partial charge in [-0.05, 0) is 79.4 Å². The number of carbonyl (C=O) groups excluding carboxylic acids is 4. The molecule has 0 aromatic rings. The summed E-state index contributed by atoms with van der Waals surface area (Å²) < 4.78 is 10.4. The Bertz CT molecular complexity index is 880. The summed E-state index contributed by atoms with van der Waals surface area (Å²) in [6.07, 6.45) is 6.58. The van der Waals surface area contributed by atoms with Crippen LogP contribution in [0.15, 0.2) is 0 Å². The molecule has 0 saturated heterocycles. The summed E-state index contributed by atoms with van der Waals surface area (Å²) in [5.74, 6) is 0.548. The first-order valence-electron chi connectivity index (χ1n) is 13.8. The van der Waals surface area contributed by atoms with E-state index >= 15 is 0 Å². The first-order valence-corrected chi connectivity index (χ1v) is 13.8. The monoisotopic (exact) mass is 488 g/mol. The predicted octanol–water partition coefficient (Wildman–Crippen LogP) is 5.16. The van der Waals surface area contributed by atoms with Crippen molar-refractivity contribution in [2.75, 3.05) is 7.11 Å². The molecule has 6 nitrogen and oxygen atoms in total. The molecule has 4 saturated carbocycles. The van der Waals surface area contributed by atoms with Crippen molar-refractivity contribution < 1.29 is 28.7 Å². The van der Waals surface area contributed by atoms with Crippen molar-refractivity contribution in [1.29, 1.82) is 0 Å². The Kier molecular flexibility index (Phi) is 7.25. The maximum atomic E-state index is 14.2. The van der Waals surface area contributed by atoms with Gasteiger partial charge in [0.15, 0.2) is 0 Å². The number of hydrogen-bond donors (Lipinski definition) is 0. The average Bonchev–Trinajstić information content (AvgIpc) is 3.14. The van der Waals surface area contributed by atoms with Gasteiger partial charge in [0.05, 0.1) is 7.11 Å². The second-order valence-corrected chi connectivity index (χ2v) is 12.6. The van der Waals surface area contributed by atoms with Gasteiger partial charge in [0.25, 0.3) is 0 Å². The summed E-state index contributed by atoms with van der Waals surface area (Å²) in [5.41, 5.74) is -0.414. The van der Waals surface area contributed by atoms with Crippen molar-refractivity contribution in [2.45, 2.75) is 98.5 Å². The van der Waals surface area contributed by atoms with Crippen LogP contribution < -0.4 is 0 Å². The van der Waals surface area contributed by atoms with E-state index in [1.165, 1.54) is 14.0 Å². The van der Waals surface area contributed by atoms with Gasteiger partial charge in [0.2, 0.25) is 0 Å². The highest BCUT2D eigenvalue weighted by Crippen LogP contribution is 2.67. The van der Waals surface area contributed by atoms with Crippen LogP contribution in [0.1, 0.15) is 92.4 Å². The number of methoxy groups -OCH3 is 1. The van der Waals surface area contributed by atoms with Crippen LogP contribution in [0.4, 0.5) is 0 Å². The SMILES string of the molecule is CC[C@H]1C(=O)C2C3CC[C@H]([C@H](C)CCC(=O)OC)[C@@]3(C)CC(=O)C2[C@@]2(C)CC[C@@H](OC(C)=O)C[C@@H]12. The van der Waals surface area contributed by atoms with Gasteiger partial charge in [-0.2, -0.15) is 0 Å². The van der Waals surface area contributed by atoms with Crippen LogP contribution in [0, 0.1) is 52.3 Å². The molecular weight excluding hydrogens is 444 g/mol. The van der Waals surface area contributed by atoms with Crippen molar-refractivity contribution in [2.24, 2.45) is 52.3 Å². The van der Waals surface area contributed by atoms with Crippen LogP contribution in [0.2, 0.25) is 0 Å². The van der Waals surface area contributed by atoms with Crippen molar-refractivity contribution in [3.8, 4) is 0 Å². The lowest BCUT2D eigenvalue weighted by Gasteiger charge is -2.61. The molecule has 0 amide bonds. The molecule has 0 N–H and O–H groups in total. The normalized spacial score (nSPS) is 43.5. The molecule has 4 aliphatic rings. The van der Waals surface area contributed by atoms with Gasteiger partial charge in [-0.15, -0.1) is 0 Å². The van der Waals surface area contributed by atoms with E-state index in [-0.39, 0.29) is 70.0 Å². The number of rotatable bonds is 6. The molecule has 3 unspecified atom stereocenters. The molecule has 0 heterocycles. The fraction of sp³-hybridized carbons (Fsp3) is 0.862. The summed E-state index contributed by atoms with van der Waals surface area (Å²) in [6.45, 7) is 10.2. The van der Waals surface area contributed by atoms with Gasteiger partial charge in [-0.3, -0.25) is 19.2 Å². The lowest BCUT2D eigenvalue weighted by Crippen LogP contribution is -2.63. The minimum absolute atomic E-state index is 0.0782. The summed E-state index contributed by atoms with van der Waals surface area (Å²) >= 11 is 0. The third-order valence-corrected chi connectivity index (χ3v) is 10.9. The van der Waals surface area contributed by atoms with E-state index in [0.29, 0.717) is 31.1 Å². The molecule has 0 spiro atoms. The van der Waals surface area contributed by atoms with Crippen LogP contribution in [0.3, 0.4) is 0 Å². The van der Waals surface area contributed by atoms with Crippen LogP contribution in [0.5, 0.6) is 0 Å². The van der Waals surface area contributed by atoms with Gasteiger partial charge >= 0.3 is 11.9 Å². The van der Waals surface area contributed by atoms with Crippen LogP contribution >= 0.6 is 0 Å². The molecule has 196 valence electrons. The molecule has 4 fully saturated rings. The number of hydrogen-bond acceptors (Lipinski definition) is 6. The Morgan fingerprint density at radius 3 is 2.43 bits per heavy atom. The minimum Gasteiger partial charge on any atom is -0.469 e.